The molecule has 2 N–H and O–H groups in total. The van der Waals surface area contributed by atoms with Crippen molar-refractivity contribution in [3.63, 3.8) is 0 Å². The van der Waals surface area contributed by atoms with Crippen molar-refractivity contribution in [3.8, 4) is 0 Å². The largest absolute Gasteiger partial charge is 0.316 e. The molecule has 0 aliphatic carbocycles. The van der Waals surface area contributed by atoms with Crippen LogP contribution in [-0.4, -0.2) is 4.98 Å². The number of hydrogen-bond donors (Lipinski definition) is 1. The number of nitrogens with zero attached hydrogens (tertiary/aromatic N) is 1. The predicted molar refractivity (Wildman–Crippen MR) is 75.3 cm³/mol. The molecule has 0 radical (unpaired) electrons. The first-order valence-electron chi connectivity index (χ1n) is 6.60. The van der Waals surface area contributed by atoms with Gasteiger partial charge in [-0.1, -0.05) is 38.1 Å². The standard InChI is InChI=1S/C16H19FN2/c1-3-12-6-5-7-13(10-12)16(18,4-2)15-9-8-14(17)11-19-15/h5-11H,3-4,18H2,1-2H3. The van der Waals surface area contributed by atoms with Gasteiger partial charge in [-0.05, 0) is 36.1 Å². The highest BCUT2D eigenvalue weighted by atomic mass is 19.1. The Labute approximate surface area is 113 Å². The second-order valence-electron chi connectivity index (χ2n) is 4.74. The van der Waals surface area contributed by atoms with Crippen molar-refractivity contribution in [2.45, 2.75) is 32.2 Å². The summed E-state index contributed by atoms with van der Waals surface area (Å²) < 4.78 is 13.0. The monoisotopic (exact) mass is 258 g/mol. The molecule has 0 aliphatic rings. The molecular weight excluding hydrogens is 239 g/mol. The van der Waals surface area contributed by atoms with Gasteiger partial charge in [-0.25, -0.2) is 4.39 Å². The first-order valence-corrected chi connectivity index (χ1v) is 6.60. The highest BCUT2D eigenvalue weighted by molar-refractivity contribution is 5.36. The SMILES string of the molecule is CCc1cccc(C(N)(CC)c2ccc(F)cn2)c1. The van der Waals surface area contributed by atoms with Gasteiger partial charge in [-0.3, -0.25) is 4.98 Å². The van der Waals surface area contributed by atoms with Gasteiger partial charge in [0.05, 0.1) is 17.4 Å². The average molecular weight is 258 g/mol. The van der Waals surface area contributed by atoms with Crippen LogP contribution in [0.5, 0.6) is 0 Å². The summed E-state index contributed by atoms with van der Waals surface area (Å²) in [7, 11) is 0. The normalized spacial score (nSPS) is 14.1. The molecule has 1 heterocycles. The molecule has 1 unspecified atom stereocenters. The van der Waals surface area contributed by atoms with Gasteiger partial charge in [-0.15, -0.1) is 0 Å². The molecule has 1 aromatic heterocycles. The van der Waals surface area contributed by atoms with Gasteiger partial charge in [0, 0.05) is 0 Å². The summed E-state index contributed by atoms with van der Waals surface area (Å²) in [5.41, 5.74) is 8.82. The Hall–Kier alpha value is -1.74. The number of benzene rings is 1. The Morgan fingerprint density at radius 2 is 2.00 bits per heavy atom. The zero-order chi connectivity index (χ0) is 13.9. The van der Waals surface area contributed by atoms with Crippen molar-refractivity contribution < 1.29 is 4.39 Å². The van der Waals surface area contributed by atoms with Gasteiger partial charge in [0.25, 0.3) is 0 Å². The van der Waals surface area contributed by atoms with Gasteiger partial charge in [0.2, 0.25) is 0 Å². The third-order valence-corrected chi connectivity index (χ3v) is 3.59. The van der Waals surface area contributed by atoms with Crippen LogP contribution < -0.4 is 5.73 Å². The minimum atomic E-state index is -0.668. The molecular formula is C16H19FN2. The molecule has 2 rings (SSSR count). The van der Waals surface area contributed by atoms with E-state index in [0.29, 0.717) is 12.1 Å². The van der Waals surface area contributed by atoms with Crippen LogP contribution >= 0.6 is 0 Å². The van der Waals surface area contributed by atoms with Crippen LogP contribution in [-0.2, 0) is 12.0 Å². The van der Waals surface area contributed by atoms with Crippen LogP contribution in [0.25, 0.3) is 0 Å². The Balaban J connectivity index is 2.49. The second kappa shape index (κ2) is 5.49. The lowest BCUT2D eigenvalue weighted by atomic mass is 9.84. The van der Waals surface area contributed by atoms with Crippen molar-refractivity contribution in [1.82, 2.24) is 4.98 Å². The second-order valence-corrected chi connectivity index (χ2v) is 4.74. The molecule has 0 spiro atoms. The van der Waals surface area contributed by atoms with Crippen LogP contribution in [0.2, 0.25) is 0 Å². The van der Waals surface area contributed by atoms with Crippen molar-refractivity contribution in [3.05, 3.63) is 65.2 Å². The third-order valence-electron chi connectivity index (χ3n) is 3.59. The Kier molecular flexibility index (Phi) is 3.96. The lowest BCUT2D eigenvalue weighted by Gasteiger charge is -2.28. The van der Waals surface area contributed by atoms with Crippen LogP contribution in [0.15, 0.2) is 42.6 Å². The molecule has 19 heavy (non-hydrogen) atoms. The van der Waals surface area contributed by atoms with Crippen LogP contribution in [0, 0.1) is 5.82 Å². The minimum absolute atomic E-state index is 0.343. The van der Waals surface area contributed by atoms with Crippen LogP contribution in [0.4, 0.5) is 4.39 Å². The smallest absolute Gasteiger partial charge is 0.141 e. The van der Waals surface area contributed by atoms with E-state index in [4.69, 9.17) is 5.73 Å². The van der Waals surface area contributed by atoms with E-state index in [1.807, 2.05) is 19.1 Å². The summed E-state index contributed by atoms with van der Waals surface area (Å²) in [4.78, 5) is 4.15. The molecule has 0 bridgehead atoms. The van der Waals surface area contributed by atoms with E-state index in [9.17, 15) is 4.39 Å². The maximum atomic E-state index is 13.0. The fourth-order valence-corrected chi connectivity index (χ4v) is 2.24. The number of aryl methyl sites for hydroxylation is 1. The van der Waals surface area contributed by atoms with Gasteiger partial charge >= 0.3 is 0 Å². The van der Waals surface area contributed by atoms with Crippen molar-refractivity contribution in [2.24, 2.45) is 5.73 Å². The number of pyridine rings is 1. The minimum Gasteiger partial charge on any atom is -0.316 e. The van der Waals surface area contributed by atoms with E-state index in [1.165, 1.54) is 17.8 Å². The third kappa shape index (κ3) is 2.66. The van der Waals surface area contributed by atoms with Gasteiger partial charge in [-0.2, -0.15) is 0 Å². The maximum absolute atomic E-state index is 13.0. The first-order chi connectivity index (χ1) is 9.10. The summed E-state index contributed by atoms with van der Waals surface area (Å²) in [6.07, 6.45) is 2.89. The summed E-state index contributed by atoms with van der Waals surface area (Å²) in [5, 5.41) is 0. The highest BCUT2D eigenvalue weighted by Gasteiger charge is 2.29. The molecule has 0 saturated carbocycles. The first kappa shape index (κ1) is 13.7. The lowest BCUT2D eigenvalue weighted by Crippen LogP contribution is -2.38. The Bertz CT molecular complexity index is 551. The van der Waals surface area contributed by atoms with E-state index in [1.54, 1.807) is 6.07 Å². The molecule has 1 aromatic carbocycles. The number of aromatic nitrogens is 1. The Morgan fingerprint density at radius 3 is 2.58 bits per heavy atom. The molecule has 2 nitrogen and oxygen atoms in total. The summed E-state index contributed by atoms with van der Waals surface area (Å²) in [6.45, 7) is 4.13. The Morgan fingerprint density at radius 1 is 1.21 bits per heavy atom. The quantitative estimate of drug-likeness (QED) is 0.913. The molecule has 0 aliphatic heterocycles. The zero-order valence-corrected chi connectivity index (χ0v) is 11.4. The number of halogens is 1. The van der Waals surface area contributed by atoms with E-state index < -0.39 is 5.54 Å². The fraction of sp³-hybridized carbons (Fsp3) is 0.312. The van der Waals surface area contributed by atoms with Gasteiger partial charge in [0.1, 0.15) is 5.82 Å². The molecule has 0 fully saturated rings. The highest BCUT2D eigenvalue weighted by Crippen LogP contribution is 2.29. The molecule has 0 amide bonds. The molecule has 0 saturated heterocycles. The van der Waals surface area contributed by atoms with Crippen LogP contribution in [0.3, 0.4) is 0 Å². The number of nitrogens with two attached hydrogens (primary N) is 1. The van der Waals surface area contributed by atoms with Crippen LogP contribution in [0.1, 0.15) is 37.1 Å². The van der Waals surface area contributed by atoms with Crippen molar-refractivity contribution >= 4 is 0 Å². The van der Waals surface area contributed by atoms with E-state index in [0.717, 1.165) is 12.0 Å². The fourth-order valence-electron chi connectivity index (χ4n) is 2.24. The predicted octanol–water partition coefficient (Wildman–Crippen LogP) is 3.40. The van der Waals surface area contributed by atoms with E-state index >= 15 is 0 Å². The zero-order valence-electron chi connectivity index (χ0n) is 11.4. The van der Waals surface area contributed by atoms with E-state index in [-0.39, 0.29) is 5.82 Å². The van der Waals surface area contributed by atoms with Crippen molar-refractivity contribution in [1.29, 1.82) is 0 Å². The van der Waals surface area contributed by atoms with Crippen molar-refractivity contribution in [2.75, 3.05) is 0 Å². The topological polar surface area (TPSA) is 38.9 Å². The molecule has 3 heteroatoms. The lowest BCUT2D eigenvalue weighted by molar-refractivity contribution is 0.498. The summed E-state index contributed by atoms with van der Waals surface area (Å²) >= 11 is 0. The number of rotatable bonds is 4. The average Bonchev–Trinajstić information content (AvgIpc) is 2.47. The summed E-state index contributed by atoms with van der Waals surface area (Å²) in [5.74, 6) is -0.343. The van der Waals surface area contributed by atoms with Gasteiger partial charge in [0.15, 0.2) is 0 Å². The van der Waals surface area contributed by atoms with Gasteiger partial charge < -0.3 is 5.73 Å². The molecule has 2 aromatic rings. The molecule has 100 valence electrons. The number of hydrogen-bond acceptors (Lipinski definition) is 2. The van der Waals surface area contributed by atoms with E-state index in [2.05, 4.69) is 24.0 Å². The molecule has 1 atom stereocenters. The maximum Gasteiger partial charge on any atom is 0.141 e. The summed E-state index contributed by atoms with van der Waals surface area (Å²) in [6, 6.07) is 11.3.